The van der Waals surface area contributed by atoms with Crippen molar-refractivity contribution in [2.45, 2.75) is 50.5 Å². The van der Waals surface area contributed by atoms with Crippen LogP contribution in [-0.2, 0) is 17.6 Å². The van der Waals surface area contributed by atoms with E-state index in [0.717, 1.165) is 45.3 Å². The first-order valence-corrected chi connectivity index (χ1v) is 11.0. The molecule has 0 aromatic heterocycles. The molecule has 30 heavy (non-hydrogen) atoms. The van der Waals surface area contributed by atoms with Crippen LogP contribution in [-0.4, -0.2) is 38.1 Å². The summed E-state index contributed by atoms with van der Waals surface area (Å²) in [6, 6.07) is 17.3. The second kappa shape index (κ2) is 11.2. The predicted molar refractivity (Wildman–Crippen MR) is 123 cm³/mol. The number of hydrogen-bond donors (Lipinski definition) is 2. The van der Waals surface area contributed by atoms with Crippen molar-refractivity contribution < 1.29 is 14.6 Å². The highest BCUT2D eigenvalue weighted by Gasteiger charge is 2.38. The van der Waals surface area contributed by atoms with Gasteiger partial charge in [-0.1, -0.05) is 35.9 Å². The third kappa shape index (κ3) is 6.10. The zero-order valence-electron chi connectivity index (χ0n) is 18.3. The molecule has 4 heteroatoms. The average molecular weight is 410 g/mol. The molecule has 1 aliphatic carbocycles. The molecule has 2 aliphatic rings. The quantitative estimate of drug-likeness (QED) is 0.562. The van der Waals surface area contributed by atoms with Crippen LogP contribution in [0, 0.1) is 0 Å². The summed E-state index contributed by atoms with van der Waals surface area (Å²) in [4.78, 5) is 0. The molecule has 2 fully saturated rings. The topological polar surface area (TPSA) is 50.7 Å². The normalized spacial score (nSPS) is 16.4. The van der Waals surface area contributed by atoms with Crippen molar-refractivity contribution in [1.29, 1.82) is 0 Å². The van der Waals surface area contributed by atoms with Crippen LogP contribution >= 0.6 is 0 Å². The summed E-state index contributed by atoms with van der Waals surface area (Å²) in [5.41, 5.74) is 5.65. The lowest BCUT2D eigenvalue weighted by Gasteiger charge is -2.43. The molecular weight excluding hydrogens is 374 g/mol. The van der Waals surface area contributed by atoms with E-state index in [9.17, 15) is 0 Å². The lowest BCUT2D eigenvalue weighted by atomic mass is 9.89. The van der Waals surface area contributed by atoms with E-state index in [-0.39, 0.29) is 5.54 Å². The number of aliphatic hydroxyl groups is 1. The van der Waals surface area contributed by atoms with Crippen molar-refractivity contribution >= 4 is 5.69 Å². The van der Waals surface area contributed by atoms with E-state index in [1.807, 2.05) is 12.1 Å². The van der Waals surface area contributed by atoms with Gasteiger partial charge in [-0.05, 0) is 80.3 Å². The molecule has 0 atom stereocenters. The summed E-state index contributed by atoms with van der Waals surface area (Å²) in [6.45, 7) is 1.55. The molecule has 0 radical (unpaired) electrons. The van der Waals surface area contributed by atoms with Gasteiger partial charge in [0.2, 0.25) is 0 Å². The minimum Gasteiger partial charge on any atom is -0.497 e. The van der Waals surface area contributed by atoms with Crippen molar-refractivity contribution in [3.05, 3.63) is 71.3 Å². The Bertz CT molecular complexity index is 786. The van der Waals surface area contributed by atoms with Gasteiger partial charge in [0.05, 0.1) is 25.9 Å². The lowest BCUT2D eigenvalue weighted by molar-refractivity contribution is -0.0451. The number of ether oxygens (including phenoxy) is 2. The monoisotopic (exact) mass is 409 g/mol. The van der Waals surface area contributed by atoms with Crippen LogP contribution in [0.2, 0.25) is 0 Å². The Kier molecular flexibility index (Phi) is 8.35. The van der Waals surface area contributed by atoms with Crippen molar-refractivity contribution in [2.75, 3.05) is 32.8 Å². The Morgan fingerprint density at radius 1 is 0.967 bits per heavy atom. The highest BCUT2D eigenvalue weighted by atomic mass is 16.5. The Balaban J connectivity index is 0.00000124. The number of hydrogen-bond acceptors (Lipinski definition) is 4. The molecule has 1 aliphatic heterocycles. The molecule has 0 spiro atoms. The number of aliphatic hydroxyl groups excluding tert-OH is 1. The van der Waals surface area contributed by atoms with E-state index in [4.69, 9.17) is 14.6 Å². The number of rotatable bonds is 9. The van der Waals surface area contributed by atoms with E-state index in [1.54, 1.807) is 12.7 Å². The van der Waals surface area contributed by atoms with Crippen LogP contribution in [0.15, 0.2) is 60.2 Å². The molecule has 162 valence electrons. The summed E-state index contributed by atoms with van der Waals surface area (Å²) in [5.74, 6) is 0.910. The Morgan fingerprint density at radius 3 is 2.13 bits per heavy atom. The van der Waals surface area contributed by atoms with Gasteiger partial charge < -0.3 is 19.9 Å². The van der Waals surface area contributed by atoms with Crippen LogP contribution in [0.5, 0.6) is 5.75 Å². The van der Waals surface area contributed by atoms with E-state index < -0.39 is 0 Å². The highest BCUT2D eigenvalue weighted by Crippen LogP contribution is 2.29. The number of anilines is 1. The van der Waals surface area contributed by atoms with Crippen LogP contribution in [0.25, 0.3) is 0 Å². The van der Waals surface area contributed by atoms with E-state index in [2.05, 4.69) is 47.8 Å². The van der Waals surface area contributed by atoms with Crippen LogP contribution in [0.3, 0.4) is 0 Å². The Morgan fingerprint density at radius 2 is 1.60 bits per heavy atom. The molecule has 1 heterocycles. The largest absolute Gasteiger partial charge is 0.497 e. The Labute approximate surface area is 180 Å². The minimum absolute atomic E-state index is 0.0517. The number of benzene rings is 2. The molecule has 4 nitrogen and oxygen atoms in total. The van der Waals surface area contributed by atoms with Crippen molar-refractivity contribution in [2.24, 2.45) is 0 Å². The summed E-state index contributed by atoms with van der Waals surface area (Å²) >= 11 is 0. The van der Waals surface area contributed by atoms with E-state index in [0.29, 0.717) is 0 Å². The van der Waals surface area contributed by atoms with Gasteiger partial charge in [0, 0.05) is 12.8 Å². The average Bonchev–Trinajstić information content (AvgIpc) is 2.74. The van der Waals surface area contributed by atoms with Crippen LogP contribution in [0.4, 0.5) is 5.69 Å². The zero-order chi connectivity index (χ0) is 21.2. The van der Waals surface area contributed by atoms with Crippen molar-refractivity contribution in [1.82, 2.24) is 0 Å². The highest BCUT2D eigenvalue weighted by molar-refractivity contribution is 5.48. The molecular formula is C26H35NO3. The van der Waals surface area contributed by atoms with Crippen LogP contribution in [0.1, 0.15) is 43.2 Å². The zero-order valence-corrected chi connectivity index (χ0v) is 18.3. The van der Waals surface area contributed by atoms with Crippen LogP contribution < -0.4 is 10.1 Å². The first-order valence-electron chi connectivity index (χ1n) is 11.0. The third-order valence-electron chi connectivity index (χ3n) is 6.03. The summed E-state index contributed by atoms with van der Waals surface area (Å²) in [6.07, 6.45) is 10.9. The molecule has 1 saturated heterocycles. The molecule has 0 unspecified atom stereocenters. The first-order chi connectivity index (χ1) is 14.7. The molecule has 2 aromatic carbocycles. The number of methoxy groups -OCH3 is 1. The van der Waals surface area contributed by atoms with Gasteiger partial charge >= 0.3 is 0 Å². The van der Waals surface area contributed by atoms with Gasteiger partial charge in [-0.25, -0.2) is 0 Å². The van der Waals surface area contributed by atoms with Crippen molar-refractivity contribution in [3.8, 4) is 5.75 Å². The number of nitrogens with one attached hydrogen (secondary N) is 1. The first kappa shape index (κ1) is 22.4. The molecule has 2 aromatic rings. The van der Waals surface area contributed by atoms with Gasteiger partial charge in [0.15, 0.2) is 0 Å². The Hall–Kier alpha value is -2.30. The smallest absolute Gasteiger partial charge is 0.118 e. The fraction of sp³-hybridized carbons (Fsp3) is 0.462. The van der Waals surface area contributed by atoms with Gasteiger partial charge in [-0.3, -0.25) is 0 Å². The molecule has 0 bridgehead atoms. The third-order valence-corrected chi connectivity index (χ3v) is 6.03. The lowest BCUT2D eigenvalue weighted by Crippen LogP contribution is -2.56. The maximum atomic E-state index is 7.00. The summed E-state index contributed by atoms with van der Waals surface area (Å²) < 4.78 is 10.8. The summed E-state index contributed by atoms with van der Waals surface area (Å²) in [5, 5.41) is 10.7. The second-order valence-electron chi connectivity index (χ2n) is 8.20. The molecule has 0 amide bonds. The molecule has 1 saturated carbocycles. The van der Waals surface area contributed by atoms with E-state index in [1.165, 1.54) is 42.5 Å². The maximum Gasteiger partial charge on any atom is 0.118 e. The molecule has 2 N–H and O–H groups in total. The fourth-order valence-corrected chi connectivity index (χ4v) is 3.89. The van der Waals surface area contributed by atoms with Gasteiger partial charge in [0.25, 0.3) is 0 Å². The summed E-state index contributed by atoms with van der Waals surface area (Å²) in [7, 11) is 2.70. The van der Waals surface area contributed by atoms with E-state index >= 15 is 0 Å². The SMILES string of the molecule is CO.COc1ccc(CCC2(Nc3ccc(CCC=C4CCC4)cc3)COC2)cc1. The number of allylic oxidation sites excluding steroid dienone is 2. The maximum absolute atomic E-state index is 7.00. The molecule has 4 rings (SSSR count). The van der Waals surface area contributed by atoms with Gasteiger partial charge in [-0.2, -0.15) is 0 Å². The van der Waals surface area contributed by atoms with Crippen molar-refractivity contribution in [3.63, 3.8) is 0 Å². The second-order valence-corrected chi connectivity index (χ2v) is 8.20. The van der Waals surface area contributed by atoms with Gasteiger partial charge in [-0.15, -0.1) is 0 Å². The standard InChI is InChI=1S/C25H31NO2.CH4O/c1-27-24-14-10-22(11-15-24)16-17-25(18-28-19-25)26-23-12-8-21(9-13-23)7-3-6-20-4-2-5-20;1-2/h6,8-15,26H,2-5,7,16-19H2,1H3;2H,1H3. The predicted octanol–water partition coefficient (Wildman–Crippen LogP) is 5.16. The van der Waals surface area contributed by atoms with Gasteiger partial charge in [0.1, 0.15) is 5.75 Å². The fourth-order valence-electron chi connectivity index (χ4n) is 3.89. The number of aryl methyl sites for hydroxylation is 2. The minimum atomic E-state index is 0.0517.